The van der Waals surface area contributed by atoms with Gasteiger partial charge in [-0.1, -0.05) is 67.0 Å². The number of rotatable bonds is 7. The summed E-state index contributed by atoms with van der Waals surface area (Å²) in [5.74, 6) is 1.18. The highest BCUT2D eigenvalue weighted by molar-refractivity contribution is 4.93. The first-order valence-corrected chi connectivity index (χ1v) is 7.82. The third-order valence-corrected chi connectivity index (χ3v) is 3.37. The van der Waals surface area contributed by atoms with Gasteiger partial charge in [-0.3, -0.25) is 0 Å². The summed E-state index contributed by atoms with van der Waals surface area (Å²) in [6, 6.07) is 0. The molecular formula is C18H36O. The topological polar surface area (TPSA) is 20.2 Å². The zero-order valence-electron chi connectivity index (χ0n) is 14.3. The zero-order valence-corrected chi connectivity index (χ0v) is 14.3. The molecule has 1 N–H and O–H groups in total. The quantitative estimate of drug-likeness (QED) is 0.610. The smallest absolute Gasteiger partial charge is 0.0462 e. The van der Waals surface area contributed by atoms with Gasteiger partial charge in [0.15, 0.2) is 0 Å². The van der Waals surface area contributed by atoms with Gasteiger partial charge in [-0.15, -0.1) is 0 Å². The van der Waals surface area contributed by atoms with E-state index in [4.69, 9.17) is 0 Å². The second kappa shape index (κ2) is 8.09. The Labute approximate surface area is 121 Å². The molecule has 19 heavy (non-hydrogen) atoms. The Bertz CT molecular complexity index is 252. The van der Waals surface area contributed by atoms with Gasteiger partial charge in [0.25, 0.3) is 0 Å². The second-order valence-corrected chi connectivity index (χ2v) is 8.50. The molecule has 0 aliphatic carbocycles. The van der Waals surface area contributed by atoms with Crippen LogP contribution in [0.15, 0.2) is 12.2 Å². The molecule has 0 aromatic rings. The summed E-state index contributed by atoms with van der Waals surface area (Å²) in [6.07, 6.45) is 9.15. The van der Waals surface area contributed by atoms with Crippen LogP contribution in [-0.2, 0) is 0 Å². The van der Waals surface area contributed by atoms with Crippen LogP contribution in [0.1, 0.15) is 74.1 Å². The normalized spacial score (nSPS) is 16.8. The molecule has 0 spiro atoms. The first kappa shape index (κ1) is 18.7. The number of allylic oxidation sites excluding steroid dienone is 2. The van der Waals surface area contributed by atoms with Crippen LogP contribution >= 0.6 is 0 Å². The molecule has 0 saturated heterocycles. The minimum Gasteiger partial charge on any atom is -0.396 e. The van der Waals surface area contributed by atoms with Crippen molar-refractivity contribution >= 4 is 0 Å². The lowest BCUT2D eigenvalue weighted by atomic mass is 9.82. The number of aliphatic hydroxyl groups excluding tert-OH is 1. The molecule has 0 radical (unpaired) electrons. The van der Waals surface area contributed by atoms with E-state index in [-0.39, 0.29) is 5.41 Å². The number of aliphatic hydroxyl groups is 1. The Morgan fingerprint density at radius 3 is 2.00 bits per heavy atom. The molecule has 0 aliphatic rings. The maximum absolute atomic E-state index is 9.47. The lowest BCUT2D eigenvalue weighted by Gasteiger charge is -2.24. The molecule has 0 saturated carbocycles. The molecule has 0 aromatic carbocycles. The van der Waals surface area contributed by atoms with Gasteiger partial charge in [0.05, 0.1) is 0 Å². The van der Waals surface area contributed by atoms with Crippen molar-refractivity contribution in [3.05, 3.63) is 12.2 Å². The van der Waals surface area contributed by atoms with Crippen molar-refractivity contribution in [1.29, 1.82) is 0 Å². The SMILES string of the molecule is CC(CCC(CO)CC=CC(C)(C)C)CC(C)(C)C. The fourth-order valence-electron chi connectivity index (χ4n) is 2.57. The van der Waals surface area contributed by atoms with Gasteiger partial charge in [0.2, 0.25) is 0 Å². The van der Waals surface area contributed by atoms with Gasteiger partial charge in [-0.25, -0.2) is 0 Å². The van der Waals surface area contributed by atoms with Crippen molar-refractivity contribution in [1.82, 2.24) is 0 Å². The van der Waals surface area contributed by atoms with E-state index in [0.29, 0.717) is 17.9 Å². The van der Waals surface area contributed by atoms with Crippen LogP contribution in [0.3, 0.4) is 0 Å². The van der Waals surface area contributed by atoms with Crippen LogP contribution in [0.2, 0.25) is 0 Å². The van der Waals surface area contributed by atoms with Crippen LogP contribution in [0, 0.1) is 22.7 Å². The molecule has 2 atom stereocenters. The maximum Gasteiger partial charge on any atom is 0.0462 e. The first-order valence-electron chi connectivity index (χ1n) is 7.82. The van der Waals surface area contributed by atoms with Crippen molar-refractivity contribution in [2.24, 2.45) is 22.7 Å². The van der Waals surface area contributed by atoms with E-state index < -0.39 is 0 Å². The highest BCUT2D eigenvalue weighted by Crippen LogP contribution is 2.28. The van der Waals surface area contributed by atoms with E-state index in [2.05, 4.69) is 60.6 Å². The minimum atomic E-state index is 0.250. The van der Waals surface area contributed by atoms with Crippen molar-refractivity contribution in [2.75, 3.05) is 6.61 Å². The van der Waals surface area contributed by atoms with Crippen LogP contribution in [0.25, 0.3) is 0 Å². The third-order valence-electron chi connectivity index (χ3n) is 3.37. The Balaban J connectivity index is 4.04. The predicted octanol–water partition coefficient (Wildman–Crippen LogP) is 5.44. The summed E-state index contributed by atoms with van der Waals surface area (Å²) < 4.78 is 0. The molecule has 2 unspecified atom stereocenters. The third kappa shape index (κ3) is 12.5. The van der Waals surface area contributed by atoms with Crippen LogP contribution in [0.4, 0.5) is 0 Å². The molecule has 0 bridgehead atoms. The summed E-state index contributed by atoms with van der Waals surface area (Å²) in [7, 11) is 0. The van der Waals surface area contributed by atoms with E-state index in [0.717, 1.165) is 18.8 Å². The standard InChI is InChI=1S/C18H36O/c1-15(13-18(5,6)7)10-11-16(14-19)9-8-12-17(2,3)4/h8,12,15-16,19H,9-11,13-14H2,1-7H3. The lowest BCUT2D eigenvalue weighted by molar-refractivity contribution is 0.204. The Morgan fingerprint density at radius 2 is 1.58 bits per heavy atom. The van der Waals surface area contributed by atoms with Crippen LogP contribution < -0.4 is 0 Å². The summed E-state index contributed by atoms with van der Waals surface area (Å²) in [5, 5.41) is 9.47. The average molecular weight is 268 g/mol. The lowest BCUT2D eigenvalue weighted by Crippen LogP contribution is -2.13. The summed E-state index contributed by atoms with van der Waals surface area (Å²) in [5.41, 5.74) is 0.666. The molecule has 0 aromatic heterocycles. The second-order valence-electron chi connectivity index (χ2n) is 8.50. The Kier molecular flexibility index (Phi) is 7.96. The van der Waals surface area contributed by atoms with E-state index >= 15 is 0 Å². The fourth-order valence-corrected chi connectivity index (χ4v) is 2.57. The zero-order chi connectivity index (χ0) is 15.1. The maximum atomic E-state index is 9.47. The molecule has 0 rings (SSSR count). The first-order chi connectivity index (χ1) is 8.53. The van der Waals surface area contributed by atoms with Crippen molar-refractivity contribution in [3.8, 4) is 0 Å². The van der Waals surface area contributed by atoms with Gasteiger partial charge in [-0.05, 0) is 41.9 Å². The molecule has 0 amide bonds. The van der Waals surface area contributed by atoms with E-state index in [1.807, 2.05) is 0 Å². The molecular weight excluding hydrogens is 232 g/mol. The molecule has 0 aliphatic heterocycles. The minimum absolute atomic E-state index is 0.250. The van der Waals surface area contributed by atoms with E-state index in [9.17, 15) is 5.11 Å². The van der Waals surface area contributed by atoms with Crippen molar-refractivity contribution in [3.63, 3.8) is 0 Å². The highest BCUT2D eigenvalue weighted by Gasteiger charge is 2.16. The molecule has 0 fully saturated rings. The van der Waals surface area contributed by atoms with Gasteiger partial charge in [0, 0.05) is 6.61 Å². The van der Waals surface area contributed by atoms with Crippen molar-refractivity contribution < 1.29 is 5.11 Å². The number of hydrogen-bond acceptors (Lipinski definition) is 1. The van der Waals surface area contributed by atoms with Crippen LogP contribution in [0.5, 0.6) is 0 Å². The van der Waals surface area contributed by atoms with Gasteiger partial charge < -0.3 is 5.11 Å². The Hall–Kier alpha value is -0.300. The van der Waals surface area contributed by atoms with Gasteiger partial charge in [0.1, 0.15) is 0 Å². The van der Waals surface area contributed by atoms with Gasteiger partial charge in [-0.2, -0.15) is 0 Å². The van der Waals surface area contributed by atoms with E-state index in [1.165, 1.54) is 12.8 Å². The summed E-state index contributed by atoms with van der Waals surface area (Å²) in [4.78, 5) is 0. The predicted molar refractivity (Wildman–Crippen MR) is 86.3 cm³/mol. The highest BCUT2D eigenvalue weighted by atomic mass is 16.3. The number of hydrogen-bond donors (Lipinski definition) is 1. The summed E-state index contributed by atoms with van der Waals surface area (Å²) in [6.45, 7) is 16.2. The largest absolute Gasteiger partial charge is 0.396 e. The van der Waals surface area contributed by atoms with Crippen molar-refractivity contribution in [2.45, 2.75) is 74.1 Å². The monoisotopic (exact) mass is 268 g/mol. The summed E-state index contributed by atoms with van der Waals surface area (Å²) >= 11 is 0. The fraction of sp³-hybridized carbons (Fsp3) is 0.889. The van der Waals surface area contributed by atoms with Crippen LogP contribution in [-0.4, -0.2) is 11.7 Å². The molecule has 1 heteroatoms. The van der Waals surface area contributed by atoms with E-state index in [1.54, 1.807) is 0 Å². The van der Waals surface area contributed by atoms with Gasteiger partial charge >= 0.3 is 0 Å². The molecule has 114 valence electrons. The molecule has 0 heterocycles. The average Bonchev–Trinajstić information content (AvgIpc) is 2.18. The Morgan fingerprint density at radius 1 is 1.00 bits per heavy atom. The molecule has 1 nitrogen and oxygen atoms in total.